The summed E-state index contributed by atoms with van der Waals surface area (Å²) in [6.45, 7) is 10.3. The minimum atomic E-state index is -0.923. The highest BCUT2D eigenvalue weighted by Crippen LogP contribution is 2.15. The van der Waals surface area contributed by atoms with Crippen molar-refractivity contribution in [3.63, 3.8) is 0 Å². The van der Waals surface area contributed by atoms with Crippen LogP contribution in [0.2, 0.25) is 0 Å². The van der Waals surface area contributed by atoms with E-state index in [2.05, 4.69) is 86.5 Å². The van der Waals surface area contributed by atoms with Crippen LogP contribution in [0.15, 0.2) is 48.6 Å². The molecule has 0 heterocycles. The van der Waals surface area contributed by atoms with Gasteiger partial charge in [0, 0.05) is 32.4 Å². The first-order valence-corrected chi connectivity index (χ1v) is 26.0. The Hall–Kier alpha value is -3.40. The summed E-state index contributed by atoms with van der Waals surface area (Å²) in [5.74, 6) is -1.24. The predicted octanol–water partition coefficient (Wildman–Crippen LogP) is 14.0. The molecule has 0 rings (SSSR count). The maximum Gasteiger partial charge on any atom is 0.407 e. The summed E-state index contributed by atoms with van der Waals surface area (Å²) < 4.78 is 22.5. The van der Waals surface area contributed by atoms with E-state index in [1.165, 1.54) is 51.4 Å². The Morgan fingerprint density at radius 2 is 0.906 bits per heavy atom. The molecular weight excluding hydrogens is 805 g/mol. The fourth-order valence-electron chi connectivity index (χ4n) is 6.90. The number of carbonyl (C=O) groups excluding carboxylic acids is 4. The highest BCUT2D eigenvalue weighted by molar-refractivity contribution is 5.71. The van der Waals surface area contributed by atoms with E-state index < -0.39 is 24.3 Å². The Kier molecular flexibility index (Phi) is 45.0. The molecule has 10 nitrogen and oxygen atoms in total. The Morgan fingerprint density at radius 3 is 1.38 bits per heavy atom. The largest absolute Gasteiger partial charge is 0.462 e. The number of likely N-dealkylation sites (N-methyl/N-ethyl adjacent to an activating group) is 1. The lowest BCUT2D eigenvalue weighted by Gasteiger charge is -2.21. The Labute approximate surface area is 392 Å². The first-order valence-electron chi connectivity index (χ1n) is 26.0. The van der Waals surface area contributed by atoms with Crippen LogP contribution < -0.4 is 5.32 Å². The number of allylic oxidation sites excluding steroid dienone is 8. The van der Waals surface area contributed by atoms with E-state index in [0.717, 1.165) is 116 Å². The number of unbranched alkanes of at least 4 members (excludes halogenated alkanes) is 18. The highest BCUT2D eigenvalue weighted by Gasteiger charge is 2.22. The normalized spacial score (nSPS) is 12.4. The predicted molar refractivity (Wildman–Crippen MR) is 265 cm³/mol. The standard InChI is InChI=1S/C54H96N2O8/c1-6-10-13-15-17-19-21-23-25-27-29-31-33-35-38-41-51(57)61-47-50(48-62-52(58)42-39-36-34-32-30-28-26-24-22-20-18-16-14-11-7-2)63-53(59)44-43-49(40-37-12-8-3)64-54(60)55-45-46-56(5)9-4/h17-20,23-26,49-50H,6-16,21-22,27-48H2,1-5H3,(H,55,60)/b19-17-,20-18-,25-23-,26-24-. The lowest BCUT2D eigenvalue weighted by atomic mass is 10.1. The quantitative estimate of drug-likeness (QED) is 0.0276. The molecule has 0 saturated heterocycles. The van der Waals surface area contributed by atoms with Crippen LogP contribution >= 0.6 is 0 Å². The van der Waals surface area contributed by atoms with Gasteiger partial charge >= 0.3 is 24.0 Å². The van der Waals surface area contributed by atoms with Crippen molar-refractivity contribution in [3.05, 3.63) is 48.6 Å². The second-order valence-electron chi connectivity index (χ2n) is 17.3. The van der Waals surface area contributed by atoms with E-state index in [1.807, 2.05) is 7.05 Å². The molecule has 1 amide bonds. The molecule has 370 valence electrons. The van der Waals surface area contributed by atoms with Crippen LogP contribution in [0.1, 0.15) is 220 Å². The highest BCUT2D eigenvalue weighted by atomic mass is 16.6. The second kappa shape index (κ2) is 47.6. The SMILES string of the molecule is CCCCC/C=C\C/C=C\CCCCCCCC(=O)OCC(COC(=O)CCCCCCC/C=C\C/C=C\CCCCC)OC(=O)CCC(CCCCC)OC(=O)NCCN(C)CC. The number of nitrogens with zero attached hydrogens (tertiary/aromatic N) is 1. The summed E-state index contributed by atoms with van der Waals surface area (Å²) in [4.78, 5) is 53.2. The maximum absolute atomic E-state index is 13.1. The zero-order valence-electron chi connectivity index (χ0n) is 41.7. The van der Waals surface area contributed by atoms with Gasteiger partial charge in [0.25, 0.3) is 0 Å². The molecule has 0 aromatic rings. The molecule has 0 bridgehead atoms. The van der Waals surface area contributed by atoms with Crippen molar-refractivity contribution >= 4 is 24.0 Å². The van der Waals surface area contributed by atoms with E-state index in [-0.39, 0.29) is 44.4 Å². The van der Waals surface area contributed by atoms with Gasteiger partial charge in [0.1, 0.15) is 19.3 Å². The van der Waals surface area contributed by atoms with Crippen LogP contribution in [0, 0.1) is 0 Å². The monoisotopic (exact) mass is 901 g/mol. The van der Waals surface area contributed by atoms with Crippen molar-refractivity contribution < 1.29 is 38.1 Å². The fourth-order valence-corrected chi connectivity index (χ4v) is 6.90. The second-order valence-corrected chi connectivity index (χ2v) is 17.3. The van der Waals surface area contributed by atoms with Gasteiger partial charge in [-0.2, -0.15) is 0 Å². The minimum Gasteiger partial charge on any atom is -0.462 e. The van der Waals surface area contributed by atoms with Crippen molar-refractivity contribution in [1.29, 1.82) is 0 Å². The molecule has 0 fully saturated rings. The molecule has 1 N–H and O–H groups in total. The summed E-state index contributed by atoms with van der Waals surface area (Å²) in [7, 11) is 1.98. The Morgan fingerprint density at radius 1 is 0.469 bits per heavy atom. The average molecular weight is 901 g/mol. The van der Waals surface area contributed by atoms with Crippen LogP contribution in [0.5, 0.6) is 0 Å². The van der Waals surface area contributed by atoms with Crippen molar-refractivity contribution in [2.24, 2.45) is 0 Å². The number of esters is 3. The van der Waals surface area contributed by atoms with E-state index >= 15 is 0 Å². The van der Waals surface area contributed by atoms with Crippen molar-refractivity contribution in [3.8, 4) is 0 Å². The number of carbonyl (C=O) groups is 4. The maximum atomic E-state index is 13.1. The molecule has 1 atom stereocenters. The number of hydrogen-bond donors (Lipinski definition) is 1. The van der Waals surface area contributed by atoms with Crippen LogP contribution in [0.4, 0.5) is 4.79 Å². The number of rotatable bonds is 45. The summed E-state index contributed by atoms with van der Waals surface area (Å²) in [5.41, 5.74) is 0. The number of hydrogen-bond acceptors (Lipinski definition) is 9. The van der Waals surface area contributed by atoms with Gasteiger partial charge in [-0.05, 0) is 110 Å². The van der Waals surface area contributed by atoms with Crippen molar-refractivity contribution in [1.82, 2.24) is 10.2 Å². The third-order valence-corrected chi connectivity index (χ3v) is 11.2. The Balaban J connectivity index is 4.86. The molecule has 0 aromatic heterocycles. The first-order chi connectivity index (χ1) is 31.2. The zero-order chi connectivity index (χ0) is 47.0. The fraction of sp³-hybridized carbons (Fsp3) is 0.778. The molecule has 0 aliphatic rings. The Bertz CT molecular complexity index is 1170. The van der Waals surface area contributed by atoms with Gasteiger partial charge in [0.2, 0.25) is 0 Å². The molecule has 0 radical (unpaired) electrons. The van der Waals surface area contributed by atoms with E-state index in [9.17, 15) is 19.2 Å². The third kappa shape index (κ3) is 43.8. The molecule has 0 saturated carbocycles. The number of nitrogens with one attached hydrogen (secondary N) is 1. The lowest BCUT2D eigenvalue weighted by Crippen LogP contribution is -2.35. The molecule has 10 heteroatoms. The summed E-state index contributed by atoms with van der Waals surface area (Å²) in [6.07, 6.45) is 44.8. The lowest BCUT2D eigenvalue weighted by molar-refractivity contribution is -0.167. The topological polar surface area (TPSA) is 120 Å². The van der Waals surface area contributed by atoms with Gasteiger partial charge in [-0.3, -0.25) is 14.4 Å². The van der Waals surface area contributed by atoms with Crippen molar-refractivity contribution in [2.75, 3.05) is 39.9 Å². The summed E-state index contributed by atoms with van der Waals surface area (Å²) in [6, 6.07) is 0. The molecule has 0 aromatic carbocycles. The van der Waals surface area contributed by atoms with Crippen LogP contribution in [-0.2, 0) is 33.3 Å². The van der Waals surface area contributed by atoms with Crippen LogP contribution in [0.3, 0.4) is 0 Å². The number of ether oxygens (including phenoxy) is 4. The van der Waals surface area contributed by atoms with E-state index in [4.69, 9.17) is 18.9 Å². The van der Waals surface area contributed by atoms with Gasteiger partial charge < -0.3 is 29.2 Å². The molecule has 1 unspecified atom stereocenters. The molecular formula is C54H96N2O8. The van der Waals surface area contributed by atoms with Crippen LogP contribution in [0.25, 0.3) is 0 Å². The van der Waals surface area contributed by atoms with Gasteiger partial charge in [-0.1, -0.05) is 153 Å². The average Bonchev–Trinajstić information content (AvgIpc) is 3.28. The molecule has 0 spiro atoms. The van der Waals surface area contributed by atoms with Gasteiger partial charge in [-0.15, -0.1) is 0 Å². The van der Waals surface area contributed by atoms with E-state index in [0.29, 0.717) is 25.9 Å². The van der Waals surface area contributed by atoms with E-state index in [1.54, 1.807) is 0 Å². The van der Waals surface area contributed by atoms with Gasteiger partial charge in [0.05, 0.1) is 0 Å². The molecule has 64 heavy (non-hydrogen) atoms. The van der Waals surface area contributed by atoms with Gasteiger partial charge in [-0.25, -0.2) is 4.79 Å². The molecule has 0 aliphatic carbocycles. The minimum absolute atomic E-state index is 0.0129. The third-order valence-electron chi connectivity index (χ3n) is 11.2. The summed E-state index contributed by atoms with van der Waals surface area (Å²) in [5, 5.41) is 2.80. The number of amides is 1. The smallest absolute Gasteiger partial charge is 0.407 e. The molecule has 0 aliphatic heterocycles. The number of alkyl carbamates (subject to hydrolysis) is 1. The first kappa shape index (κ1) is 60.6. The van der Waals surface area contributed by atoms with Crippen molar-refractivity contribution in [2.45, 2.75) is 233 Å². The summed E-state index contributed by atoms with van der Waals surface area (Å²) >= 11 is 0. The van der Waals surface area contributed by atoms with Gasteiger partial charge in [0.15, 0.2) is 6.10 Å². The van der Waals surface area contributed by atoms with Crippen LogP contribution in [-0.4, -0.2) is 81.0 Å². The zero-order valence-corrected chi connectivity index (χ0v) is 41.7.